The van der Waals surface area contributed by atoms with Gasteiger partial charge in [0.25, 0.3) is 0 Å². The highest BCUT2D eigenvalue weighted by molar-refractivity contribution is 5.50. The van der Waals surface area contributed by atoms with Crippen LogP contribution in [0.15, 0.2) is 12.1 Å². The van der Waals surface area contributed by atoms with Gasteiger partial charge in [-0.3, -0.25) is 0 Å². The predicted octanol–water partition coefficient (Wildman–Crippen LogP) is 1.53. The van der Waals surface area contributed by atoms with Crippen LogP contribution in [0.25, 0.3) is 5.65 Å². The van der Waals surface area contributed by atoms with Crippen molar-refractivity contribution < 1.29 is 5.11 Å². The number of hydrogen-bond donors (Lipinski definition) is 2. The highest BCUT2D eigenvalue weighted by Gasteiger charge is 2.10. The number of aliphatic hydroxyl groups excluding tert-OH is 1. The second-order valence-electron chi connectivity index (χ2n) is 4.27. The molecule has 0 aliphatic carbocycles. The molecule has 0 amide bonds. The third-order valence-corrected chi connectivity index (χ3v) is 2.74. The van der Waals surface area contributed by atoms with Crippen LogP contribution in [-0.2, 0) is 0 Å². The lowest BCUT2D eigenvalue weighted by atomic mass is 10.2. The van der Waals surface area contributed by atoms with Crippen LogP contribution < -0.4 is 5.32 Å². The molecule has 17 heavy (non-hydrogen) atoms. The molecule has 0 spiro atoms. The number of nitrogens with one attached hydrogen (secondary N) is 1. The summed E-state index contributed by atoms with van der Waals surface area (Å²) >= 11 is 0. The van der Waals surface area contributed by atoms with Crippen LogP contribution in [0.1, 0.15) is 24.7 Å². The largest absolute Gasteiger partial charge is 0.394 e. The van der Waals surface area contributed by atoms with Gasteiger partial charge in [-0.1, -0.05) is 6.92 Å². The van der Waals surface area contributed by atoms with E-state index in [1.807, 2.05) is 32.9 Å². The summed E-state index contributed by atoms with van der Waals surface area (Å²) in [5.41, 5.74) is 2.70. The molecule has 2 rings (SSSR count). The first-order valence-electron chi connectivity index (χ1n) is 5.85. The van der Waals surface area contributed by atoms with Gasteiger partial charge in [-0.2, -0.15) is 9.61 Å². The summed E-state index contributed by atoms with van der Waals surface area (Å²) in [6, 6.07) is 3.93. The minimum Gasteiger partial charge on any atom is -0.394 e. The normalized spacial score (nSPS) is 12.9. The zero-order valence-corrected chi connectivity index (χ0v) is 10.4. The van der Waals surface area contributed by atoms with E-state index in [0.29, 0.717) is 0 Å². The fraction of sp³-hybridized carbons (Fsp3) is 0.500. The number of nitrogens with zero attached hydrogens (tertiary/aromatic N) is 3. The lowest BCUT2D eigenvalue weighted by molar-refractivity contribution is 0.271. The zero-order valence-electron chi connectivity index (χ0n) is 10.4. The second kappa shape index (κ2) is 4.71. The summed E-state index contributed by atoms with van der Waals surface area (Å²) in [6.45, 7) is 6.04. The SMILES string of the molecule is CCC(CO)Nc1cc(C)nc2cc(C)nn12. The van der Waals surface area contributed by atoms with Crippen molar-refractivity contribution in [3.05, 3.63) is 23.5 Å². The van der Waals surface area contributed by atoms with Gasteiger partial charge in [0.2, 0.25) is 0 Å². The number of aromatic nitrogens is 3. The van der Waals surface area contributed by atoms with Crippen molar-refractivity contribution in [2.24, 2.45) is 0 Å². The van der Waals surface area contributed by atoms with Gasteiger partial charge in [0.15, 0.2) is 5.65 Å². The summed E-state index contributed by atoms with van der Waals surface area (Å²) in [6.07, 6.45) is 0.861. The number of rotatable bonds is 4. The number of aryl methyl sites for hydroxylation is 2. The Labute approximate surface area is 100 Å². The second-order valence-corrected chi connectivity index (χ2v) is 4.27. The van der Waals surface area contributed by atoms with Gasteiger partial charge >= 0.3 is 0 Å². The molecular formula is C12H18N4O. The van der Waals surface area contributed by atoms with E-state index in [2.05, 4.69) is 15.4 Å². The molecule has 2 aromatic rings. The molecule has 5 nitrogen and oxygen atoms in total. The van der Waals surface area contributed by atoms with Crippen LogP contribution >= 0.6 is 0 Å². The summed E-state index contributed by atoms with van der Waals surface area (Å²) in [4.78, 5) is 4.41. The van der Waals surface area contributed by atoms with Crippen molar-refractivity contribution in [3.63, 3.8) is 0 Å². The summed E-state index contributed by atoms with van der Waals surface area (Å²) in [5, 5.41) is 16.9. The Morgan fingerprint density at radius 1 is 1.35 bits per heavy atom. The molecule has 0 fully saturated rings. The van der Waals surface area contributed by atoms with E-state index in [0.717, 1.165) is 29.3 Å². The number of fused-ring (bicyclic) bond motifs is 1. The molecule has 92 valence electrons. The Morgan fingerprint density at radius 3 is 2.76 bits per heavy atom. The van der Waals surface area contributed by atoms with Crippen LogP contribution in [0.3, 0.4) is 0 Å². The molecule has 1 atom stereocenters. The average Bonchev–Trinajstić information content (AvgIpc) is 2.66. The van der Waals surface area contributed by atoms with E-state index >= 15 is 0 Å². The lowest BCUT2D eigenvalue weighted by Crippen LogP contribution is -2.24. The van der Waals surface area contributed by atoms with Gasteiger partial charge < -0.3 is 10.4 Å². The topological polar surface area (TPSA) is 62.5 Å². The van der Waals surface area contributed by atoms with Crippen LogP contribution in [0.5, 0.6) is 0 Å². The monoisotopic (exact) mass is 234 g/mol. The molecule has 0 radical (unpaired) electrons. The Hall–Kier alpha value is -1.62. The Bertz CT molecular complexity index is 516. The molecule has 2 N–H and O–H groups in total. The van der Waals surface area contributed by atoms with Crippen molar-refractivity contribution in [3.8, 4) is 0 Å². The lowest BCUT2D eigenvalue weighted by Gasteiger charge is -2.16. The summed E-state index contributed by atoms with van der Waals surface area (Å²) < 4.78 is 1.78. The van der Waals surface area contributed by atoms with Crippen LogP contribution in [0, 0.1) is 13.8 Å². The minimum atomic E-state index is 0.0458. The third-order valence-electron chi connectivity index (χ3n) is 2.74. The summed E-state index contributed by atoms with van der Waals surface area (Å²) in [7, 11) is 0. The molecule has 0 saturated carbocycles. The van der Waals surface area contributed by atoms with Crippen LogP contribution in [-0.4, -0.2) is 32.4 Å². The predicted molar refractivity (Wildman–Crippen MR) is 67.2 cm³/mol. The van der Waals surface area contributed by atoms with Gasteiger partial charge in [0.1, 0.15) is 5.82 Å². The maximum absolute atomic E-state index is 9.23. The van der Waals surface area contributed by atoms with E-state index < -0.39 is 0 Å². The van der Waals surface area contributed by atoms with Crippen molar-refractivity contribution in [2.45, 2.75) is 33.2 Å². The molecule has 1 unspecified atom stereocenters. The molecule has 0 saturated heterocycles. The molecular weight excluding hydrogens is 216 g/mol. The van der Waals surface area contributed by atoms with Gasteiger partial charge in [0, 0.05) is 17.8 Å². The van der Waals surface area contributed by atoms with Crippen molar-refractivity contribution in [1.82, 2.24) is 14.6 Å². The third kappa shape index (κ3) is 2.39. The summed E-state index contributed by atoms with van der Waals surface area (Å²) in [5.74, 6) is 0.876. The molecule has 2 heterocycles. The maximum Gasteiger partial charge on any atom is 0.157 e. The first-order valence-corrected chi connectivity index (χ1v) is 5.85. The first kappa shape index (κ1) is 11.9. The van der Waals surface area contributed by atoms with Gasteiger partial charge in [-0.05, 0) is 20.3 Å². The maximum atomic E-state index is 9.23. The number of aliphatic hydroxyl groups is 1. The molecule has 2 aromatic heterocycles. The standard InChI is InChI=1S/C12H18N4O/c1-4-10(7-17)14-12-5-8(2)13-11-6-9(3)15-16(11)12/h5-6,10,14,17H,4,7H2,1-3H3. The van der Waals surface area contributed by atoms with Gasteiger partial charge in [-0.25, -0.2) is 4.98 Å². The van der Waals surface area contributed by atoms with E-state index in [-0.39, 0.29) is 12.6 Å². The number of anilines is 1. The molecule has 0 aliphatic rings. The van der Waals surface area contributed by atoms with E-state index in [1.165, 1.54) is 0 Å². The Kier molecular flexibility index (Phi) is 3.28. The van der Waals surface area contributed by atoms with E-state index in [1.54, 1.807) is 4.52 Å². The van der Waals surface area contributed by atoms with Crippen molar-refractivity contribution >= 4 is 11.5 Å². The Morgan fingerprint density at radius 2 is 2.12 bits per heavy atom. The molecule has 0 bridgehead atoms. The fourth-order valence-corrected chi connectivity index (χ4v) is 1.80. The van der Waals surface area contributed by atoms with Crippen LogP contribution in [0.2, 0.25) is 0 Å². The smallest absolute Gasteiger partial charge is 0.157 e. The minimum absolute atomic E-state index is 0.0458. The van der Waals surface area contributed by atoms with Gasteiger partial charge in [-0.15, -0.1) is 0 Å². The first-order chi connectivity index (χ1) is 8.13. The van der Waals surface area contributed by atoms with E-state index in [9.17, 15) is 5.11 Å². The quantitative estimate of drug-likeness (QED) is 0.842. The fourth-order valence-electron chi connectivity index (χ4n) is 1.80. The van der Waals surface area contributed by atoms with Crippen LogP contribution in [0.4, 0.5) is 5.82 Å². The average molecular weight is 234 g/mol. The zero-order chi connectivity index (χ0) is 12.4. The molecule has 0 aliphatic heterocycles. The molecule has 5 heteroatoms. The van der Waals surface area contributed by atoms with Crippen molar-refractivity contribution in [1.29, 1.82) is 0 Å². The number of hydrogen-bond acceptors (Lipinski definition) is 4. The highest BCUT2D eigenvalue weighted by Crippen LogP contribution is 2.15. The van der Waals surface area contributed by atoms with Crippen molar-refractivity contribution in [2.75, 3.05) is 11.9 Å². The Balaban J connectivity index is 2.44. The van der Waals surface area contributed by atoms with E-state index in [4.69, 9.17) is 0 Å². The molecule has 0 aromatic carbocycles. The highest BCUT2D eigenvalue weighted by atomic mass is 16.3. The van der Waals surface area contributed by atoms with Gasteiger partial charge in [0.05, 0.1) is 18.3 Å².